The highest BCUT2D eigenvalue weighted by Gasteiger charge is 2.23. The molecule has 1 saturated heterocycles. The van der Waals surface area contributed by atoms with E-state index in [4.69, 9.17) is 9.47 Å². The average Bonchev–Trinajstić information content (AvgIpc) is 2.54. The highest BCUT2D eigenvalue weighted by atomic mass is 19.1. The number of para-hydroxylation sites is 1. The van der Waals surface area contributed by atoms with Gasteiger partial charge < -0.3 is 19.5 Å². The number of β-amino-alcohol motifs (C(OH)–C–C–N with tert-alkyl or cyclic N) is 1. The fourth-order valence-electron chi connectivity index (χ4n) is 3.27. The molecule has 2 aliphatic heterocycles. The van der Waals surface area contributed by atoms with Gasteiger partial charge in [-0.3, -0.25) is 0 Å². The van der Waals surface area contributed by atoms with Gasteiger partial charge >= 0.3 is 0 Å². The molecule has 2 heterocycles. The number of fused-ring (bicyclic) bond motifs is 1. The fourth-order valence-corrected chi connectivity index (χ4v) is 3.27. The van der Waals surface area contributed by atoms with Crippen molar-refractivity contribution in [3.63, 3.8) is 0 Å². The molecule has 0 radical (unpaired) electrons. The number of halogens is 1. The summed E-state index contributed by atoms with van der Waals surface area (Å²) in [6.07, 6.45) is 3.23. The number of ether oxygens (including phenoxy) is 2. The number of benzene rings is 1. The quantitative estimate of drug-likeness (QED) is 0.905. The molecule has 1 aromatic carbocycles. The van der Waals surface area contributed by atoms with Crippen molar-refractivity contribution in [1.29, 1.82) is 0 Å². The Labute approximate surface area is 130 Å². The van der Waals surface area contributed by atoms with Crippen LogP contribution in [0.15, 0.2) is 18.2 Å². The smallest absolute Gasteiger partial charge is 0.146 e. The van der Waals surface area contributed by atoms with Crippen molar-refractivity contribution in [3.8, 4) is 0 Å². The van der Waals surface area contributed by atoms with Crippen LogP contribution >= 0.6 is 0 Å². The Morgan fingerprint density at radius 1 is 1.36 bits per heavy atom. The van der Waals surface area contributed by atoms with Crippen molar-refractivity contribution in [2.75, 3.05) is 37.8 Å². The molecule has 0 aromatic heterocycles. The molecular formula is C17H24FNO3. The van der Waals surface area contributed by atoms with E-state index in [0.717, 1.165) is 51.0 Å². The second-order valence-corrected chi connectivity index (χ2v) is 6.10. The van der Waals surface area contributed by atoms with Crippen LogP contribution in [-0.2, 0) is 15.9 Å². The Balaban J connectivity index is 1.55. The van der Waals surface area contributed by atoms with Crippen LogP contribution in [0.1, 0.15) is 24.8 Å². The number of hydrogen-bond donors (Lipinski definition) is 1. The van der Waals surface area contributed by atoms with Crippen LogP contribution in [0.25, 0.3) is 0 Å². The molecule has 5 heteroatoms. The van der Waals surface area contributed by atoms with Crippen molar-refractivity contribution in [1.82, 2.24) is 0 Å². The minimum Gasteiger partial charge on any atom is -0.389 e. The lowest BCUT2D eigenvalue weighted by atomic mass is 10.0. The molecular weight excluding hydrogens is 285 g/mol. The van der Waals surface area contributed by atoms with E-state index < -0.39 is 6.10 Å². The van der Waals surface area contributed by atoms with Crippen LogP contribution in [0.4, 0.5) is 10.1 Å². The van der Waals surface area contributed by atoms with Gasteiger partial charge in [0, 0.05) is 26.3 Å². The third-order valence-electron chi connectivity index (χ3n) is 4.38. The first-order valence-corrected chi connectivity index (χ1v) is 8.14. The molecule has 1 aromatic rings. The topological polar surface area (TPSA) is 41.9 Å². The number of aliphatic hydroxyl groups excluding tert-OH is 1. The summed E-state index contributed by atoms with van der Waals surface area (Å²) < 4.78 is 25.1. The molecule has 0 spiro atoms. The monoisotopic (exact) mass is 309 g/mol. The normalized spacial score (nSPS) is 20.7. The molecule has 2 aliphatic rings. The molecule has 122 valence electrons. The summed E-state index contributed by atoms with van der Waals surface area (Å²) in [6.45, 7) is 2.95. The van der Waals surface area contributed by atoms with Crippen LogP contribution in [-0.4, -0.2) is 50.2 Å². The third kappa shape index (κ3) is 3.77. The van der Waals surface area contributed by atoms with Gasteiger partial charge in [-0.15, -0.1) is 0 Å². The van der Waals surface area contributed by atoms with Gasteiger partial charge in [0.1, 0.15) is 5.82 Å². The Morgan fingerprint density at radius 3 is 3.00 bits per heavy atom. The minimum absolute atomic E-state index is 0.175. The lowest BCUT2D eigenvalue weighted by molar-refractivity contribution is -0.0575. The summed E-state index contributed by atoms with van der Waals surface area (Å²) in [5, 5.41) is 10.2. The summed E-state index contributed by atoms with van der Waals surface area (Å²) in [4.78, 5) is 1.95. The zero-order valence-corrected chi connectivity index (χ0v) is 12.8. The van der Waals surface area contributed by atoms with E-state index >= 15 is 0 Å². The summed E-state index contributed by atoms with van der Waals surface area (Å²) >= 11 is 0. The first kappa shape index (κ1) is 15.7. The third-order valence-corrected chi connectivity index (χ3v) is 4.38. The molecule has 1 unspecified atom stereocenters. The Hall–Kier alpha value is -1.17. The van der Waals surface area contributed by atoms with Crippen molar-refractivity contribution in [2.24, 2.45) is 0 Å². The predicted octanol–water partition coefficient (Wildman–Crippen LogP) is 2.13. The second-order valence-electron chi connectivity index (χ2n) is 6.10. The minimum atomic E-state index is -0.603. The molecule has 0 amide bonds. The zero-order chi connectivity index (χ0) is 15.4. The standard InChI is InChI=1S/C17H24FNO3/c18-16-5-1-3-13-4-2-8-19(17(13)16)11-14(20)12-22-15-6-9-21-10-7-15/h1,3,5,14-15,20H,2,4,6-12H2. The highest BCUT2D eigenvalue weighted by molar-refractivity contribution is 5.56. The van der Waals surface area contributed by atoms with Crippen LogP contribution in [0.5, 0.6) is 0 Å². The van der Waals surface area contributed by atoms with Gasteiger partial charge in [0.2, 0.25) is 0 Å². The second kappa shape index (κ2) is 7.40. The van der Waals surface area contributed by atoms with Gasteiger partial charge in [0.15, 0.2) is 0 Å². The Kier molecular flexibility index (Phi) is 5.28. The number of aliphatic hydroxyl groups is 1. The molecule has 4 nitrogen and oxygen atoms in total. The van der Waals surface area contributed by atoms with Crippen molar-refractivity contribution >= 4 is 5.69 Å². The first-order chi connectivity index (χ1) is 10.7. The van der Waals surface area contributed by atoms with Gasteiger partial charge in [-0.25, -0.2) is 4.39 Å². The molecule has 0 saturated carbocycles. The maximum atomic E-state index is 14.1. The van der Waals surface area contributed by atoms with Crippen LogP contribution in [0.3, 0.4) is 0 Å². The number of aryl methyl sites for hydroxylation is 1. The maximum Gasteiger partial charge on any atom is 0.146 e. The highest BCUT2D eigenvalue weighted by Crippen LogP contribution is 2.29. The van der Waals surface area contributed by atoms with Gasteiger partial charge in [-0.05, 0) is 37.3 Å². The van der Waals surface area contributed by atoms with E-state index in [1.807, 2.05) is 11.0 Å². The number of hydrogen-bond acceptors (Lipinski definition) is 4. The van der Waals surface area contributed by atoms with E-state index in [2.05, 4.69) is 0 Å². The van der Waals surface area contributed by atoms with Gasteiger partial charge in [-0.2, -0.15) is 0 Å². The summed E-state index contributed by atoms with van der Waals surface area (Å²) in [6, 6.07) is 5.21. The molecule has 1 N–H and O–H groups in total. The molecule has 0 aliphatic carbocycles. The number of nitrogens with zero attached hydrogens (tertiary/aromatic N) is 1. The van der Waals surface area contributed by atoms with Crippen LogP contribution in [0, 0.1) is 5.82 Å². The number of anilines is 1. The molecule has 3 rings (SSSR count). The molecule has 22 heavy (non-hydrogen) atoms. The van der Waals surface area contributed by atoms with E-state index in [0.29, 0.717) is 18.8 Å². The zero-order valence-electron chi connectivity index (χ0n) is 12.8. The molecule has 1 fully saturated rings. The van der Waals surface area contributed by atoms with Gasteiger partial charge in [-0.1, -0.05) is 12.1 Å². The largest absolute Gasteiger partial charge is 0.389 e. The van der Waals surface area contributed by atoms with E-state index in [1.54, 1.807) is 6.07 Å². The lowest BCUT2D eigenvalue weighted by Crippen LogP contribution is -2.39. The van der Waals surface area contributed by atoms with Crippen molar-refractivity contribution in [2.45, 2.75) is 37.9 Å². The Bertz CT molecular complexity index is 491. The maximum absolute atomic E-state index is 14.1. The fraction of sp³-hybridized carbons (Fsp3) is 0.647. The summed E-state index contributed by atoms with van der Waals surface area (Å²) in [5.41, 5.74) is 1.68. The van der Waals surface area contributed by atoms with Gasteiger partial charge in [0.05, 0.1) is 24.5 Å². The Morgan fingerprint density at radius 2 is 2.18 bits per heavy atom. The first-order valence-electron chi connectivity index (χ1n) is 8.14. The van der Waals surface area contributed by atoms with Crippen LogP contribution < -0.4 is 4.90 Å². The average molecular weight is 309 g/mol. The van der Waals surface area contributed by atoms with E-state index in [-0.39, 0.29) is 11.9 Å². The van der Waals surface area contributed by atoms with Gasteiger partial charge in [0.25, 0.3) is 0 Å². The molecule has 1 atom stereocenters. The van der Waals surface area contributed by atoms with Crippen molar-refractivity contribution in [3.05, 3.63) is 29.6 Å². The number of rotatable bonds is 5. The summed E-state index contributed by atoms with van der Waals surface area (Å²) in [7, 11) is 0. The van der Waals surface area contributed by atoms with E-state index in [9.17, 15) is 9.50 Å². The predicted molar refractivity (Wildman–Crippen MR) is 82.7 cm³/mol. The van der Waals surface area contributed by atoms with E-state index in [1.165, 1.54) is 6.07 Å². The SMILES string of the molecule is OC(COC1CCOCC1)CN1CCCc2cccc(F)c21. The van der Waals surface area contributed by atoms with Crippen LogP contribution in [0.2, 0.25) is 0 Å². The lowest BCUT2D eigenvalue weighted by Gasteiger charge is -2.33. The molecule has 0 bridgehead atoms. The summed E-state index contributed by atoms with van der Waals surface area (Å²) in [5.74, 6) is -0.199. The van der Waals surface area contributed by atoms with Crippen molar-refractivity contribution < 1.29 is 19.0 Å².